The molecule has 3 heterocycles. The van der Waals surface area contributed by atoms with E-state index in [0.717, 1.165) is 57.8 Å². The van der Waals surface area contributed by atoms with Gasteiger partial charge in [-0.1, -0.05) is 92.1 Å². The fourth-order valence-electron chi connectivity index (χ4n) is 11.9. The summed E-state index contributed by atoms with van der Waals surface area (Å²) in [5.74, 6) is -7.91. The first-order valence-corrected chi connectivity index (χ1v) is 37.6. The lowest BCUT2D eigenvalue weighted by atomic mass is 9.82. The molecule has 6 rings (SSSR count). The van der Waals surface area contributed by atoms with Gasteiger partial charge in [0.05, 0.1) is 170 Å². The van der Waals surface area contributed by atoms with E-state index in [4.69, 9.17) is 73.3 Å². The van der Waals surface area contributed by atoms with Crippen LogP contribution in [0.25, 0.3) is 0 Å². The van der Waals surface area contributed by atoms with Crippen LogP contribution in [0, 0.1) is 11.8 Å². The van der Waals surface area contributed by atoms with Gasteiger partial charge in [-0.3, -0.25) is 43.3 Å². The highest BCUT2D eigenvalue weighted by molar-refractivity contribution is 5.97. The van der Waals surface area contributed by atoms with E-state index in [1.165, 1.54) is 18.7 Å². The molecule has 0 radical (unpaired) electrons. The van der Waals surface area contributed by atoms with E-state index in [0.29, 0.717) is 162 Å². The highest BCUT2D eigenvalue weighted by Crippen LogP contribution is 2.29. The first kappa shape index (κ1) is 93.0. The van der Waals surface area contributed by atoms with Crippen LogP contribution in [0.2, 0.25) is 0 Å². The number of aromatic nitrogens is 4. The molecule has 14 N–H and O–H groups in total. The number of rotatable bonds is 51. The number of ether oxygens (including phenoxy) is 10. The maximum Gasteiger partial charge on any atom is 0.490 e. The summed E-state index contributed by atoms with van der Waals surface area (Å²) in [5.41, 5.74) is 12.2. The van der Waals surface area contributed by atoms with Crippen molar-refractivity contribution in [3.8, 4) is 0 Å². The van der Waals surface area contributed by atoms with E-state index in [-0.39, 0.29) is 75.0 Å². The van der Waals surface area contributed by atoms with Crippen molar-refractivity contribution in [3.63, 3.8) is 0 Å². The molecule has 0 bridgehead atoms. The molecule has 2 saturated carbocycles. The van der Waals surface area contributed by atoms with Gasteiger partial charge in [0.15, 0.2) is 5.96 Å². The minimum Gasteiger partial charge on any atom is -0.481 e. The molecule has 6 atom stereocenters. The Hall–Kier alpha value is -8.58. The molecule has 0 spiro atoms. The van der Waals surface area contributed by atoms with Crippen LogP contribution in [0.3, 0.4) is 0 Å². The third kappa shape index (κ3) is 42.0. The summed E-state index contributed by atoms with van der Waals surface area (Å²) in [7, 11) is 0. The number of benzene rings is 1. The predicted octanol–water partition coefficient (Wildman–Crippen LogP) is -0.128. The largest absolute Gasteiger partial charge is 0.490 e. The zero-order valence-corrected chi connectivity index (χ0v) is 62.8. The summed E-state index contributed by atoms with van der Waals surface area (Å²) in [6, 6.07) is 4.48. The molecule has 1 saturated heterocycles. The Labute approximate surface area is 642 Å². The van der Waals surface area contributed by atoms with Crippen molar-refractivity contribution in [2.45, 2.75) is 152 Å². The SMILES string of the molecule is NC(N)=NCCC[C@@H]1NC[C@H](Cc2cn(CCOCCOCCOCCOCCOCCOCCOCCOCCOCCOCCNC(=O)[C@@H](NC(=O)[C@H](CC3CCCCC3)NC(=O)c3ccno3)C3CCCCC3)nn2)NC(=O)[C@@H](Cc2ccccc2)NC(=O)[C@H](CC(=O)O)NC(=O)CNC1=O.O=C(O)C(F)(F)F. The molecule has 3 aliphatic rings. The van der Waals surface area contributed by atoms with Gasteiger partial charge in [0.2, 0.25) is 41.2 Å². The first-order valence-electron chi connectivity index (χ1n) is 37.6. The molecule has 111 heavy (non-hydrogen) atoms. The second-order valence-corrected chi connectivity index (χ2v) is 26.2. The van der Waals surface area contributed by atoms with Crippen molar-refractivity contribution in [1.82, 2.24) is 62.7 Å². The number of amides is 7. The number of carboxylic acid groups (broad SMARTS) is 2. The summed E-state index contributed by atoms with van der Waals surface area (Å²) in [4.78, 5) is 119. The molecule has 1 aromatic carbocycles. The minimum absolute atomic E-state index is 0.00469. The van der Waals surface area contributed by atoms with Gasteiger partial charge in [0.25, 0.3) is 5.91 Å². The Bertz CT molecular complexity index is 3170. The maximum absolute atomic E-state index is 14.2. The monoisotopic (exact) mass is 1580 g/mol. The van der Waals surface area contributed by atoms with Crippen LogP contribution < -0.4 is 54.0 Å². The molecular formula is C71H112F3N15O22. The van der Waals surface area contributed by atoms with Crippen molar-refractivity contribution in [2.24, 2.45) is 28.3 Å². The van der Waals surface area contributed by atoms with Crippen molar-refractivity contribution < 1.29 is 118 Å². The molecule has 1 aliphatic heterocycles. The smallest absolute Gasteiger partial charge is 0.481 e. The number of hydrogen-bond acceptors (Lipinski definition) is 25. The molecule has 2 aromatic heterocycles. The number of guanidine groups is 1. The Kier molecular flexibility index (Phi) is 46.7. The minimum atomic E-state index is -5.08. The second-order valence-electron chi connectivity index (χ2n) is 26.2. The highest BCUT2D eigenvalue weighted by atomic mass is 19.4. The third-order valence-corrected chi connectivity index (χ3v) is 17.5. The van der Waals surface area contributed by atoms with Crippen LogP contribution in [-0.2, 0) is 105 Å². The van der Waals surface area contributed by atoms with Gasteiger partial charge in [0.1, 0.15) is 24.2 Å². The molecular weight excluding hydrogens is 1470 g/mol. The summed E-state index contributed by atoms with van der Waals surface area (Å²) in [6.45, 7) is 7.91. The van der Waals surface area contributed by atoms with Crippen LogP contribution in [0.4, 0.5) is 13.2 Å². The lowest BCUT2D eigenvalue weighted by Crippen LogP contribution is -2.57. The topological polar surface area (TPSA) is 504 Å². The number of nitrogens with one attached hydrogen (secondary N) is 8. The van der Waals surface area contributed by atoms with Crippen molar-refractivity contribution >= 4 is 59.2 Å². The number of carboxylic acids is 2. The summed E-state index contributed by atoms with van der Waals surface area (Å²) < 4.78 is 94.5. The average molecular weight is 1580 g/mol. The third-order valence-electron chi connectivity index (χ3n) is 17.5. The number of nitrogens with two attached hydrogens (primary N) is 2. The Balaban J connectivity index is 0.00000300. The zero-order valence-electron chi connectivity index (χ0n) is 62.8. The first-order chi connectivity index (χ1) is 53.6. The van der Waals surface area contributed by atoms with Crippen LogP contribution >= 0.6 is 0 Å². The van der Waals surface area contributed by atoms with Gasteiger partial charge in [-0.25, -0.2) is 9.48 Å². The second kappa shape index (κ2) is 55.8. The van der Waals surface area contributed by atoms with Gasteiger partial charge < -0.3 is 116 Å². The quantitative estimate of drug-likeness (QED) is 0.0199. The van der Waals surface area contributed by atoms with Crippen molar-refractivity contribution in [3.05, 3.63) is 65.8 Å². The van der Waals surface area contributed by atoms with Gasteiger partial charge in [-0.15, -0.1) is 5.10 Å². The number of carbonyl (C=O) groups is 9. The van der Waals surface area contributed by atoms with Gasteiger partial charge in [0, 0.05) is 50.8 Å². The lowest BCUT2D eigenvalue weighted by Gasteiger charge is -2.32. The van der Waals surface area contributed by atoms with Gasteiger partial charge in [-0.2, -0.15) is 13.2 Å². The van der Waals surface area contributed by atoms with Gasteiger partial charge >= 0.3 is 18.1 Å². The number of alkyl halides is 3. The zero-order chi connectivity index (χ0) is 80.1. The molecule has 7 amide bonds. The number of nitrogens with zero attached hydrogens (tertiary/aromatic N) is 5. The van der Waals surface area contributed by atoms with E-state index in [9.17, 15) is 56.6 Å². The number of halogens is 3. The molecule has 40 heteroatoms. The normalized spacial score (nSPS) is 18.3. The fourth-order valence-corrected chi connectivity index (χ4v) is 11.9. The van der Waals surface area contributed by atoms with E-state index in [1.807, 2.05) is 0 Å². The number of hydrogen-bond donors (Lipinski definition) is 12. The predicted molar refractivity (Wildman–Crippen MR) is 389 cm³/mol. The molecule has 624 valence electrons. The fraction of sp³-hybridized carbons (Fsp3) is 0.704. The summed E-state index contributed by atoms with van der Waals surface area (Å²) >= 11 is 0. The van der Waals surface area contributed by atoms with E-state index >= 15 is 0 Å². The van der Waals surface area contributed by atoms with Crippen molar-refractivity contribution in [2.75, 3.05) is 158 Å². The maximum atomic E-state index is 14.2. The highest BCUT2D eigenvalue weighted by Gasteiger charge is 2.39. The van der Waals surface area contributed by atoms with Crippen LogP contribution in [0.1, 0.15) is 112 Å². The Morgan fingerprint density at radius 2 is 1.16 bits per heavy atom. The number of aliphatic carboxylic acids is 2. The standard InChI is InChI=1S/C69H111N15O20.C2HF3O2/c70-69(71)73-19-10-17-55-63(88)75-48-60(85)78-58(46-61(86)87)65(90)79-56(43-50-11-4-1-5-12-50)64(89)77-53(47-74-55)45-54-49-84(83-82-54)22-24-95-26-28-97-30-32-99-34-36-101-38-40-103-42-41-102-39-37-100-35-33-98-31-29-96-27-25-94-23-21-72-68(93)62(52-15-8-3-9-16-52)81-66(91)57(44-51-13-6-2-7-14-51)80-67(92)59-18-20-76-104-59;3-2(4,5)1(6)7/h1,4-5,11-12,18,20,49,51-53,55-58,62,74H,2-3,6-10,13-17,19,21-48H2,(H,72,93)(H,75,88)(H,77,89)(H,78,85)(H,79,90)(H,80,92)(H,81,91)(H,86,87)(H4,70,71,73);(H,6,7)/t53-,55-,56+,57-,58-,62-;/m0./s1. The molecule has 0 unspecified atom stereocenters. The summed E-state index contributed by atoms with van der Waals surface area (Å²) in [6.07, 6.45) is 8.61. The number of carbonyl (C=O) groups excluding carboxylic acids is 7. The lowest BCUT2D eigenvalue weighted by molar-refractivity contribution is -0.192. The Morgan fingerprint density at radius 1 is 0.631 bits per heavy atom. The van der Waals surface area contributed by atoms with Gasteiger partial charge in [-0.05, 0) is 49.5 Å². The van der Waals surface area contributed by atoms with Crippen LogP contribution in [0.5, 0.6) is 0 Å². The molecule has 3 aromatic rings. The van der Waals surface area contributed by atoms with E-state index in [1.54, 1.807) is 41.2 Å². The van der Waals surface area contributed by atoms with Crippen LogP contribution in [-0.4, -0.2) is 290 Å². The van der Waals surface area contributed by atoms with Crippen molar-refractivity contribution in [1.29, 1.82) is 0 Å². The molecule has 2 aliphatic carbocycles. The van der Waals surface area contributed by atoms with E-state index < -0.39 is 96.9 Å². The molecule has 37 nitrogen and oxygen atoms in total. The van der Waals surface area contributed by atoms with E-state index in [2.05, 4.69) is 63.0 Å². The molecule has 3 fully saturated rings. The summed E-state index contributed by atoms with van der Waals surface area (Å²) in [5, 5.41) is 51.5. The van der Waals surface area contributed by atoms with Crippen LogP contribution in [0.15, 0.2) is 58.3 Å². The Morgan fingerprint density at radius 3 is 1.68 bits per heavy atom. The number of aliphatic imine (C=N–C) groups is 1. The average Bonchev–Trinajstić information content (AvgIpc) is 1.57.